The number of amides is 2. The number of nitrogens with zero attached hydrogens (tertiary/aromatic N) is 1. The van der Waals surface area contributed by atoms with E-state index in [1.165, 1.54) is 39.8 Å². The predicted octanol–water partition coefficient (Wildman–Crippen LogP) is 1.87. The van der Waals surface area contributed by atoms with Crippen LogP contribution in [0.25, 0.3) is 0 Å². The van der Waals surface area contributed by atoms with E-state index in [1.54, 1.807) is 12.1 Å². The van der Waals surface area contributed by atoms with E-state index >= 15 is 0 Å². The van der Waals surface area contributed by atoms with E-state index in [0.29, 0.717) is 4.90 Å². The molecule has 128 valence electrons. The van der Waals surface area contributed by atoms with Gasteiger partial charge in [-0.25, -0.2) is 4.79 Å². The quantitative estimate of drug-likeness (QED) is 0.796. The first kappa shape index (κ1) is 17.7. The van der Waals surface area contributed by atoms with Crippen LogP contribution in [0.1, 0.15) is 48.4 Å². The van der Waals surface area contributed by atoms with Gasteiger partial charge in [-0.05, 0) is 26.0 Å². The largest absolute Gasteiger partial charge is 0.481 e. The van der Waals surface area contributed by atoms with Crippen molar-refractivity contribution in [2.24, 2.45) is 10.8 Å². The molecule has 1 aliphatic rings. The van der Waals surface area contributed by atoms with Gasteiger partial charge in [0.2, 0.25) is 0 Å². The lowest BCUT2D eigenvalue weighted by Gasteiger charge is -2.44. The maximum atomic E-state index is 12.6. The maximum Gasteiger partial charge on any atom is 0.327 e. The Morgan fingerprint density at radius 1 is 0.958 bits per heavy atom. The molecule has 7 heteroatoms. The average Bonchev–Trinajstić information content (AvgIpc) is 2.72. The summed E-state index contributed by atoms with van der Waals surface area (Å²) in [5.41, 5.74) is -2.67. The van der Waals surface area contributed by atoms with Gasteiger partial charge in [0.05, 0.1) is 16.5 Å². The molecule has 0 saturated carbocycles. The normalized spacial score (nSPS) is 16.1. The minimum atomic E-state index is -1.61. The number of fused-ring (bicyclic) bond motifs is 1. The van der Waals surface area contributed by atoms with Gasteiger partial charge in [-0.15, -0.1) is 0 Å². The molecule has 2 N–H and O–H groups in total. The second kappa shape index (κ2) is 5.43. The molecular weight excluding hydrogens is 314 g/mol. The summed E-state index contributed by atoms with van der Waals surface area (Å²) in [6.45, 7) is 5.62. The summed E-state index contributed by atoms with van der Waals surface area (Å²) in [5, 5.41) is 19.2. The van der Waals surface area contributed by atoms with Gasteiger partial charge < -0.3 is 10.2 Å². The Bertz CT molecular complexity index is 714. The van der Waals surface area contributed by atoms with Crippen LogP contribution in [0.3, 0.4) is 0 Å². The fourth-order valence-corrected chi connectivity index (χ4v) is 2.80. The highest BCUT2D eigenvalue weighted by Crippen LogP contribution is 2.45. The maximum absolute atomic E-state index is 12.6. The van der Waals surface area contributed by atoms with Crippen LogP contribution in [0, 0.1) is 10.8 Å². The second-order valence-electron chi connectivity index (χ2n) is 6.92. The topological polar surface area (TPSA) is 112 Å². The number of carboxylic acids is 2. The van der Waals surface area contributed by atoms with Gasteiger partial charge in [-0.3, -0.25) is 19.3 Å². The van der Waals surface area contributed by atoms with Crippen LogP contribution in [0.15, 0.2) is 24.3 Å². The molecule has 7 nitrogen and oxygen atoms in total. The first-order valence-electron chi connectivity index (χ1n) is 7.37. The summed E-state index contributed by atoms with van der Waals surface area (Å²) >= 11 is 0. The SMILES string of the molecule is CC(C)(C(=O)O)C(C)(C)C(C(=O)O)N1C(=O)c2ccccc2C1=O. The van der Waals surface area contributed by atoms with Crippen LogP contribution >= 0.6 is 0 Å². The van der Waals surface area contributed by atoms with Crippen molar-refractivity contribution >= 4 is 23.8 Å². The van der Waals surface area contributed by atoms with E-state index in [4.69, 9.17) is 0 Å². The molecule has 1 aliphatic heterocycles. The fraction of sp³-hybridized carbons (Fsp3) is 0.412. The summed E-state index contributed by atoms with van der Waals surface area (Å²) in [7, 11) is 0. The Morgan fingerprint density at radius 3 is 1.71 bits per heavy atom. The third-order valence-corrected chi connectivity index (χ3v) is 5.15. The Balaban J connectivity index is 2.59. The Hall–Kier alpha value is -2.70. The predicted molar refractivity (Wildman–Crippen MR) is 83.6 cm³/mol. The average molecular weight is 333 g/mol. The molecule has 1 atom stereocenters. The monoisotopic (exact) mass is 333 g/mol. The number of benzene rings is 1. The zero-order valence-electron chi connectivity index (χ0n) is 13.9. The van der Waals surface area contributed by atoms with Gasteiger partial charge in [-0.2, -0.15) is 0 Å². The lowest BCUT2D eigenvalue weighted by molar-refractivity contribution is -0.162. The number of imide groups is 1. The molecule has 24 heavy (non-hydrogen) atoms. The lowest BCUT2D eigenvalue weighted by Crippen LogP contribution is -2.59. The zero-order chi connectivity index (χ0) is 18.4. The molecule has 0 bridgehead atoms. The molecule has 0 fully saturated rings. The van der Waals surface area contributed by atoms with E-state index in [1.807, 2.05) is 0 Å². The molecular formula is C17H19NO6. The second-order valence-corrected chi connectivity index (χ2v) is 6.92. The molecule has 1 aromatic carbocycles. The molecule has 0 radical (unpaired) electrons. The van der Waals surface area contributed by atoms with Gasteiger partial charge in [0, 0.05) is 5.41 Å². The van der Waals surface area contributed by atoms with Crippen LogP contribution < -0.4 is 0 Å². The highest BCUT2D eigenvalue weighted by Gasteiger charge is 2.57. The fourth-order valence-electron chi connectivity index (χ4n) is 2.80. The van der Waals surface area contributed by atoms with Gasteiger partial charge >= 0.3 is 11.9 Å². The molecule has 1 aromatic rings. The number of carbonyl (C=O) groups is 4. The standard InChI is InChI=1S/C17H19NO6/c1-16(2,17(3,4)15(23)24)11(14(21)22)18-12(19)9-7-5-6-8-10(9)13(18)20/h5-8,11H,1-4H3,(H,21,22)(H,23,24). The van der Waals surface area contributed by atoms with Crippen LogP contribution in [-0.4, -0.2) is 44.9 Å². The number of aliphatic carboxylic acids is 2. The van der Waals surface area contributed by atoms with Crippen LogP contribution in [0.5, 0.6) is 0 Å². The van der Waals surface area contributed by atoms with Crippen LogP contribution in [0.4, 0.5) is 0 Å². The molecule has 1 unspecified atom stereocenters. The van der Waals surface area contributed by atoms with E-state index in [9.17, 15) is 29.4 Å². The molecule has 0 aromatic heterocycles. The summed E-state index contributed by atoms with van der Waals surface area (Å²) in [6, 6.07) is 4.44. The third-order valence-electron chi connectivity index (χ3n) is 5.15. The van der Waals surface area contributed by atoms with E-state index < -0.39 is 40.6 Å². The molecule has 0 saturated heterocycles. The zero-order valence-corrected chi connectivity index (χ0v) is 13.9. The number of rotatable bonds is 5. The van der Waals surface area contributed by atoms with Crippen molar-refractivity contribution in [1.82, 2.24) is 4.90 Å². The van der Waals surface area contributed by atoms with Gasteiger partial charge in [0.15, 0.2) is 0 Å². The summed E-state index contributed by atoms with van der Waals surface area (Å²) in [5.74, 6) is -4.09. The molecule has 0 aliphatic carbocycles. The Kier molecular flexibility index (Phi) is 4.00. The Morgan fingerprint density at radius 2 is 1.38 bits per heavy atom. The number of carbonyl (C=O) groups excluding carboxylic acids is 2. The van der Waals surface area contributed by atoms with Crippen molar-refractivity contribution in [3.05, 3.63) is 35.4 Å². The number of hydrogen-bond donors (Lipinski definition) is 2. The van der Waals surface area contributed by atoms with Crippen molar-refractivity contribution in [1.29, 1.82) is 0 Å². The van der Waals surface area contributed by atoms with Crippen molar-refractivity contribution in [3.8, 4) is 0 Å². The summed E-state index contributed by atoms with van der Waals surface area (Å²) in [6.07, 6.45) is 0. The first-order chi connectivity index (χ1) is 10.9. The lowest BCUT2D eigenvalue weighted by atomic mass is 9.63. The highest BCUT2D eigenvalue weighted by molar-refractivity contribution is 6.22. The smallest absolute Gasteiger partial charge is 0.327 e. The number of carboxylic acid groups (broad SMARTS) is 2. The van der Waals surface area contributed by atoms with Crippen molar-refractivity contribution in [2.75, 3.05) is 0 Å². The molecule has 2 amide bonds. The summed E-state index contributed by atoms with van der Waals surface area (Å²) in [4.78, 5) is 49.4. The Labute approximate surface area is 138 Å². The summed E-state index contributed by atoms with van der Waals surface area (Å²) < 4.78 is 0. The van der Waals surface area contributed by atoms with Crippen LogP contribution in [-0.2, 0) is 9.59 Å². The van der Waals surface area contributed by atoms with Gasteiger partial charge in [0.25, 0.3) is 11.8 Å². The molecule has 1 heterocycles. The van der Waals surface area contributed by atoms with Crippen molar-refractivity contribution in [2.45, 2.75) is 33.7 Å². The number of hydrogen-bond acceptors (Lipinski definition) is 4. The van der Waals surface area contributed by atoms with Gasteiger partial charge in [0.1, 0.15) is 6.04 Å². The van der Waals surface area contributed by atoms with E-state index in [2.05, 4.69) is 0 Å². The molecule has 0 spiro atoms. The highest BCUT2D eigenvalue weighted by atomic mass is 16.4. The van der Waals surface area contributed by atoms with Gasteiger partial charge in [-0.1, -0.05) is 26.0 Å². The minimum absolute atomic E-state index is 0.123. The van der Waals surface area contributed by atoms with Crippen molar-refractivity contribution in [3.63, 3.8) is 0 Å². The molecule has 2 rings (SSSR count). The van der Waals surface area contributed by atoms with E-state index in [-0.39, 0.29) is 11.1 Å². The van der Waals surface area contributed by atoms with E-state index in [0.717, 1.165) is 0 Å². The minimum Gasteiger partial charge on any atom is -0.481 e. The van der Waals surface area contributed by atoms with Crippen molar-refractivity contribution < 1.29 is 29.4 Å². The van der Waals surface area contributed by atoms with Crippen LogP contribution in [0.2, 0.25) is 0 Å². The first-order valence-corrected chi connectivity index (χ1v) is 7.37. The third kappa shape index (κ3) is 2.28.